The Balaban J connectivity index is 1.93. The lowest BCUT2D eigenvalue weighted by molar-refractivity contribution is -0.147. The van der Waals surface area contributed by atoms with Gasteiger partial charge in [0.2, 0.25) is 11.8 Å². The van der Waals surface area contributed by atoms with Gasteiger partial charge in [-0.15, -0.1) is 0 Å². The van der Waals surface area contributed by atoms with Gasteiger partial charge in [0.25, 0.3) is 0 Å². The SMILES string of the molecule is CC(=O)C(C)N1C(=O)C2C3CCC(C3)C2C1=O. The first-order chi connectivity index (χ1) is 8.02. The van der Waals surface area contributed by atoms with Crippen LogP contribution < -0.4 is 0 Å². The Morgan fingerprint density at radius 2 is 1.65 bits per heavy atom. The summed E-state index contributed by atoms with van der Waals surface area (Å²) in [5.41, 5.74) is 0. The van der Waals surface area contributed by atoms with Crippen molar-refractivity contribution in [2.24, 2.45) is 23.7 Å². The summed E-state index contributed by atoms with van der Waals surface area (Å²) in [5, 5.41) is 0. The van der Waals surface area contributed by atoms with Crippen molar-refractivity contribution < 1.29 is 14.4 Å². The summed E-state index contributed by atoms with van der Waals surface area (Å²) in [4.78, 5) is 37.2. The lowest BCUT2D eigenvalue weighted by Crippen LogP contribution is -2.43. The van der Waals surface area contributed by atoms with Gasteiger partial charge in [0, 0.05) is 0 Å². The van der Waals surface area contributed by atoms with Gasteiger partial charge in [-0.1, -0.05) is 0 Å². The highest BCUT2D eigenvalue weighted by Gasteiger charge is 2.61. The fourth-order valence-electron chi connectivity index (χ4n) is 4.00. The maximum absolute atomic E-state index is 12.3. The second-order valence-corrected chi connectivity index (χ2v) is 5.72. The molecule has 0 aromatic heterocycles. The number of ketones is 1. The molecule has 4 heteroatoms. The number of imide groups is 1. The number of carbonyl (C=O) groups is 3. The van der Waals surface area contributed by atoms with Crippen LogP contribution in [0.2, 0.25) is 0 Å². The largest absolute Gasteiger partial charge is 0.298 e. The summed E-state index contributed by atoms with van der Waals surface area (Å²) in [5.74, 6) is 0.283. The maximum Gasteiger partial charge on any atom is 0.234 e. The molecule has 3 rings (SSSR count). The molecule has 1 aliphatic heterocycles. The first-order valence-corrected chi connectivity index (χ1v) is 6.39. The number of hydrogen-bond donors (Lipinski definition) is 0. The Morgan fingerprint density at radius 3 is 2.06 bits per heavy atom. The highest BCUT2D eigenvalue weighted by Crippen LogP contribution is 2.56. The molecule has 3 aliphatic rings. The summed E-state index contributed by atoms with van der Waals surface area (Å²) >= 11 is 0. The van der Waals surface area contributed by atoms with Crippen molar-refractivity contribution >= 4 is 17.6 Å². The van der Waals surface area contributed by atoms with E-state index in [1.54, 1.807) is 6.92 Å². The van der Waals surface area contributed by atoms with E-state index in [9.17, 15) is 14.4 Å². The molecule has 2 aliphatic carbocycles. The maximum atomic E-state index is 12.3. The highest BCUT2D eigenvalue weighted by atomic mass is 16.2. The van der Waals surface area contributed by atoms with E-state index in [0.717, 1.165) is 19.3 Å². The molecule has 0 N–H and O–H groups in total. The smallest absolute Gasteiger partial charge is 0.234 e. The summed E-state index contributed by atoms with van der Waals surface area (Å²) < 4.78 is 0. The third kappa shape index (κ3) is 1.27. The summed E-state index contributed by atoms with van der Waals surface area (Å²) in [7, 11) is 0. The predicted molar refractivity (Wildman–Crippen MR) is 59.8 cm³/mol. The van der Waals surface area contributed by atoms with Crippen LogP contribution in [0, 0.1) is 23.7 Å². The van der Waals surface area contributed by atoms with E-state index in [1.165, 1.54) is 11.8 Å². The van der Waals surface area contributed by atoms with Gasteiger partial charge >= 0.3 is 0 Å². The number of hydrogen-bond acceptors (Lipinski definition) is 3. The molecule has 0 spiro atoms. The Labute approximate surface area is 100 Å². The van der Waals surface area contributed by atoms with Crippen molar-refractivity contribution in [1.29, 1.82) is 0 Å². The third-order valence-electron chi connectivity index (χ3n) is 4.94. The van der Waals surface area contributed by atoms with E-state index < -0.39 is 6.04 Å². The molecule has 2 bridgehead atoms. The van der Waals surface area contributed by atoms with Gasteiger partial charge < -0.3 is 0 Å². The Kier molecular flexibility index (Phi) is 2.19. The van der Waals surface area contributed by atoms with E-state index in [2.05, 4.69) is 0 Å². The lowest BCUT2D eigenvalue weighted by atomic mass is 9.81. The van der Waals surface area contributed by atoms with Gasteiger partial charge in [0.05, 0.1) is 17.9 Å². The molecule has 5 unspecified atom stereocenters. The van der Waals surface area contributed by atoms with E-state index >= 15 is 0 Å². The number of rotatable bonds is 2. The van der Waals surface area contributed by atoms with Crippen LogP contribution in [0.3, 0.4) is 0 Å². The number of likely N-dealkylation sites (tertiary alicyclic amines) is 1. The number of nitrogens with zero attached hydrogens (tertiary/aromatic N) is 1. The van der Waals surface area contributed by atoms with Crippen LogP contribution in [-0.4, -0.2) is 28.5 Å². The van der Waals surface area contributed by atoms with Crippen molar-refractivity contribution in [1.82, 2.24) is 4.90 Å². The molecule has 92 valence electrons. The molecular weight excluding hydrogens is 218 g/mol. The first kappa shape index (κ1) is 10.9. The molecular formula is C13H17NO3. The minimum atomic E-state index is -0.583. The number of amides is 2. The van der Waals surface area contributed by atoms with E-state index in [4.69, 9.17) is 0 Å². The number of carbonyl (C=O) groups excluding carboxylic acids is 3. The van der Waals surface area contributed by atoms with Crippen molar-refractivity contribution in [3.63, 3.8) is 0 Å². The Hall–Kier alpha value is -1.19. The minimum absolute atomic E-state index is 0.0881. The van der Waals surface area contributed by atoms with Gasteiger partial charge in [-0.3, -0.25) is 19.3 Å². The standard InChI is InChI=1S/C13H17NO3/c1-6(7(2)15)14-12(16)10-8-3-4-9(5-8)11(10)13(14)17/h6,8-11H,3-5H2,1-2H3. The average Bonchev–Trinajstić information content (AvgIpc) is 2.92. The Bertz CT molecular complexity index is 389. The minimum Gasteiger partial charge on any atom is -0.298 e. The van der Waals surface area contributed by atoms with Crippen LogP contribution in [0.15, 0.2) is 0 Å². The van der Waals surface area contributed by atoms with E-state index in [0.29, 0.717) is 11.8 Å². The van der Waals surface area contributed by atoms with Crippen molar-refractivity contribution in [2.75, 3.05) is 0 Å². The highest BCUT2D eigenvalue weighted by molar-refractivity contribution is 6.08. The van der Waals surface area contributed by atoms with Crippen molar-refractivity contribution in [2.45, 2.75) is 39.2 Å². The zero-order chi connectivity index (χ0) is 12.3. The molecule has 2 amide bonds. The van der Waals surface area contributed by atoms with Crippen LogP contribution in [-0.2, 0) is 14.4 Å². The number of fused-ring (bicyclic) bond motifs is 5. The molecule has 2 saturated carbocycles. The van der Waals surface area contributed by atoms with Gasteiger partial charge in [0.1, 0.15) is 0 Å². The van der Waals surface area contributed by atoms with Crippen LogP contribution in [0.1, 0.15) is 33.1 Å². The molecule has 1 saturated heterocycles. The molecule has 3 fully saturated rings. The summed E-state index contributed by atoms with van der Waals surface area (Å²) in [6.07, 6.45) is 3.19. The fraction of sp³-hybridized carbons (Fsp3) is 0.769. The second kappa shape index (κ2) is 3.40. The van der Waals surface area contributed by atoms with Crippen LogP contribution in [0.25, 0.3) is 0 Å². The van der Waals surface area contributed by atoms with Crippen LogP contribution >= 0.6 is 0 Å². The quantitative estimate of drug-likeness (QED) is 0.671. The molecule has 0 radical (unpaired) electrons. The van der Waals surface area contributed by atoms with E-state index in [1.807, 2.05) is 0 Å². The zero-order valence-corrected chi connectivity index (χ0v) is 10.2. The van der Waals surface area contributed by atoms with E-state index in [-0.39, 0.29) is 29.4 Å². The van der Waals surface area contributed by atoms with Crippen molar-refractivity contribution in [3.05, 3.63) is 0 Å². The molecule has 1 heterocycles. The van der Waals surface area contributed by atoms with Crippen LogP contribution in [0.4, 0.5) is 0 Å². The molecule has 4 nitrogen and oxygen atoms in total. The number of Topliss-reactive ketones (excluding diaryl/α,β-unsaturated/α-hetero) is 1. The fourth-order valence-corrected chi connectivity index (χ4v) is 4.00. The summed E-state index contributed by atoms with van der Waals surface area (Å²) in [6, 6.07) is -0.583. The monoisotopic (exact) mass is 235 g/mol. The first-order valence-electron chi connectivity index (χ1n) is 6.39. The van der Waals surface area contributed by atoms with Gasteiger partial charge in [-0.25, -0.2) is 0 Å². The average molecular weight is 235 g/mol. The van der Waals surface area contributed by atoms with Gasteiger partial charge in [0.15, 0.2) is 5.78 Å². The molecule has 17 heavy (non-hydrogen) atoms. The third-order valence-corrected chi connectivity index (χ3v) is 4.94. The predicted octanol–water partition coefficient (Wildman–Crippen LogP) is 0.995. The summed E-state index contributed by atoms with van der Waals surface area (Å²) in [6.45, 7) is 3.09. The lowest BCUT2D eigenvalue weighted by Gasteiger charge is -2.22. The normalized spacial score (nSPS) is 40.9. The molecule has 5 atom stereocenters. The zero-order valence-electron chi connectivity index (χ0n) is 10.2. The Morgan fingerprint density at radius 1 is 1.18 bits per heavy atom. The molecule has 0 aromatic rings. The molecule has 0 aromatic carbocycles. The van der Waals surface area contributed by atoms with Gasteiger partial charge in [-0.2, -0.15) is 0 Å². The van der Waals surface area contributed by atoms with Crippen LogP contribution in [0.5, 0.6) is 0 Å². The second-order valence-electron chi connectivity index (χ2n) is 5.72. The van der Waals surface area contributed by atoms with Gasteiger partial charge in [-0.05, 0) is 44.9 Å². The van der Waals surface area contributed by atoms with Crippen molar-refractivity contribution in [3.8, 4) is 0 Å². The topological polar surface area (TPSA) is 54.5 Å².